The molecule has 3 aliphatic carbocycles. The van der Waals surface area contributed by atoms with Gasteiger partial charge >= 0.3 is 0 Å². The van der Waals surface area contributed by atoms with Crippen LogP contribution in [0, 0.1) is 17.8 Å². The number of aliphatic imine (C=N–C) groups is 1. The molecule has 30 heavy (non-hydrogen) atoms. The Hall–Kier alpha value is -1.10. The fraction of sp³-hybridized carbons (Fsp3) is 0.920. The second-order valence-electron chi connectivity index (χ2n) is 10.7. The van der Waals surface area contributed by atoms with Gasteiger partial charge in [0.15, 0.2) is 5.96 Å². The standard InChI is InChI=1S/C14H27N3O.C11H21N/c1-14(11-18,16-13(15)17(2)3)10-9-12-7-5-4-6-8-12;1-9-3-2-4-11(7-9)12-8-10-5-6-10/h11-12H,4-10H2,1-3H3,(H2,15,16);9-12H,2-8H2,1H3/t14-;/m0./s1. The first-order valence-electron chi connectivity index (χ1n) is 12.5. The van der Waals surface area contributed by atoms with Crippen LogP contribution in [0.25, 0.3) is 0 Å². The third kappa shape index (κ3) is 9.80. The fourth-order valence-corrected chi connectivity index (χ4v) is 4.75. The van der Waals surface area contributed by atoms with Gasteiger partial charge < -0.3 is 20.7 Å². The minimum absolute atomic E-state index is 0.424. The van der Waals surface area contributed by atoms with E-state index in [-0.39, 0.29) is 0 Å². The van der Waals surface area contributed by atoms with Crippen LogP contribution >= 0.6 is 0 Å². The van der Waals surface area contributed by atoms with Crippen molar-refractivity contribution in [3.05, 3.63) is 0 Å². The topological polar surface area (TPSA) is 70.7 Å². The van der Waals surface area contributed by atoms with Gasteiger partial charge in [0.2, 0.25) is 0 Å². The van der Waals surface area contributed by atoms with Gasteiger partial charge in [0.1, 0.15) is 11.8 Å². The second-order valence-corrected chi connectivity index (χ2v) is 10.7. The molecule has 0 spiro atoms. The lowest BCUT2D eigenvalue weighted by Crippen LogP contribution is -2.36. The number of nitrogens with zero attached hydrogens (tertiary/aromatic N) is 2. The van der Waals surface area contributed by atoms with Crippen molar-refractivity contribution >= 4 is 12.2 Å². The van der Waals surface area contributed by atoms with Crippen molar-refractivity contribution in [3.8, 4) is 0 Å². The van der Waals surface area contributed by atoms with Crippen molar-refractivity contribution in [1.82, 2.24) is 10.2 Å². The summed E-state index contributed by atoms with van der Waals surface area (Å²) < 4.78 is 0. The molecular formula is C25H48N4O. The lowest BCUT2D eigenvalue weighted by atomic mass is 9.83. The Bertz CT molecular complexity index is 525. The molecule has 5 heteroatoms. The Kier molecular flexibility index (Phi) is 10.6. The molecule has 2 unspecified atom stereocenters. The average Bonchev–Trinajstić information content (AvgIpc) is 3.57. The third-order valence-corrected chi connectivity index (χ3v) is 7.19. The van der Waals surface area contributed by atoms with Gasteiger partial charge in [0, 0.05) is 20.1 Å². The Morgan fingerprint density at radius 1 is 1.07 bits per heavy atom. The van der Waals surface area contributed by atoms with Gasteiger partial charge in [0.05, 0.1) is 0 Å². The maximum Gasteiger partial charge on any atom is 0.191 e. The van der Waals surface area contributed by atoms with E-state index in [1.54, 1.807) is 4.90 Å². The molecule has 0 aromatic rings. The molecule has 3 N–H and O–H groups in total. The molecule has 3 saturated carbocycles. The fourth-order valence-electron chi connectivity index (χ4n) is 4.75. The Balaban J connectivity index is 0.000000230. The first-order chi connectivity index (χ1) is 14.3. The van der Waals surface area contributed by atoms with Crippen LogP contribution in [0.15, 0.2) is 4.99 Å². The first-order valence-corrected chi connectivity index (χ1v) is 12.5. The Morgan fingerprint density at radius 2 is 1.77 bits per heavy atom. The quantitative estimate of drug-likeness (QED) is 0.338. The maximum atomic E-state index is 11.3. The molecule has 0 amide bonds. The lowest BCUT2D eigenvalue weighted by Gasteiger charge is -2.27. The zero-order chi connectivity index (χ0) is 22.0. The minimum atomic E-state index is -0.661. The van der Waals surface area contributed by atoms with Crippen molar-refractivity contribution in [2.24, 2.45) is 28.5 Å². The monoisotopic (exact) mass is 420 g/mol. The zero-order valence-corrected chi connectivity index (χ0v) is 20.2. The van der Waals surface area contributed by atoms with Crippen LogP contribution in [-0.4, -0.2) is 49.4 Å². The van der Waals surface area contributed by atoms with E-state index in [1.165, 1.54) is 77.2 Å². The average molecular weight is 421 g/mol. The Morgan fingerprint density at radius 3 is 2.33 bits per heavy atom. The van der Waals surface area contributed by atoms with Crippen molar-refractivity contribution in [1.29, 1.82) is 0 Å². The van der Waals surface area contributed by atoms with Crippen LogP contribution in [-0.2, 0) is 4.79 Å². The summed E-state index contributed by atoms with van der Waals surface area (Å²) in [4.78, 5) is 17.4. The van der Waals surface area contributed by atoms with E-state index in [2.05, 4.69) is 17.2 Å². The molecule has 174 valence electrons. The molecule has 0 bridgehead atoms. The highest BCUT2D eigenvalue weighted by molar-refractivity contribution is 5.80. The van der Waals surface area contributed by atoms with Crippen molar-refractivity contribution in [2.45, 2.75) is 109 Å². The molecule has 0 aliphatic heterocycles. The van der Waals surface area contributed by atoms with Gasteiger partial charge in [-0.3, -0.25) is 0 Å². The van der Waals surface area contributed by atoms with Gasteiger partial charge in [-0.1, -0.05) is 51.9 Å². The summed E-state index contributed by atoms with van der Waals surface area (Å²) in [5.41, 5.74) is 5.14. The van der Waals surface area contributed by atoms with E-state index in [0.29, 0.717) is 5.96 Å². The van der Waals surface area contributed by atoms with Gasteiger partial charge in [-0.25, -0.2) is 4.99 Å². The van der Waals surface area contributed by atoms with Crippen molar-refractivity contribution in [2.75, 3.05) is 20.6 Å². The smallest absolute Gasteiger partial charge is 0.191 e. The predicted octanol–water partition coefficient (Wildman–Crippen LogP) is 4.75. The van der Waals surface area contributed by atoms with Crippen LogP contribution in [0.1, 0.15) is 97.3 Å². The number of nitrogens with two attached hydrogens (primary N) is 1. The number of rotatable bonds is 8. The summed E-state index contributed by atoms with van der Waals surface area (Å²) in [5, 5.41) is 3.71. The number of carbonyl (C=O) groups excluding carboxylic acids is 1. The highest BCUT2D eigenvalue weighted by atomic mass is 16.1. The number of hydrogen-bond donors (Lipinski definition) is 2. The largest absolute Gasteiger partial charge is 0.370 e. The Labute approximate surface area is 185 Å². The summed E-state index contributed by atoms with van der Waals surface area (Å²) in [6.45, 7) is 5.57. The molecule has 3 rings (SSSR count). The number of aldehydes is 1. The molecule has 3 atom stereocenters. The van der Waals surface area contributed by atoms with Crippen LogP contribution < -0.4 is 11.1 Å². The van der Waals surface area contributed by atoms with Gasteiger partial charge in [0.25, 0.3) is 0 Å². The maximum absolute atomic E-state index is 11.3. The van der Waals surface area contributed by atoms with Crippen molar-refractivity contribution in [3.63, 3.8) is 0 Å². The molecule has 3 fully saturated rings. The van der Waals surface area contributed by atoms with Crippen molar-refractivity contribution < 1.29 is 4.79 Å². The van der Waals surface area contributed by atoms with Crippen LogP contribution in [0.3, 0.4) is 0 Å². The van der Waals surface area contributed by atoms with Gasteiger partial charge in [-0.2, -0.15) is 0 Å². The van der Waals surface area contributed by atoms with Crippen LogP contribution in [0.2, 0.25) is 0 Å². The van der Waals surface area contributed by atoms with Gasteiger partial charge in [-0.05, 0) is 69.7 Å². The van der Waals surface area contributed by atoms with Crippen LogP contribution in [0.4, 0.5) is 0 Å². The number of nitrogens with one attached hydrogen (secondary N) is 1. The SMILES string of the molecule is CC1CCCC(NCC2CC2)C1.CN(C)C(N)=N[C@](C)(C=O)CCC1CCCCC1. The first kappa shape index (κ1) is 25.2. The zero-order valence-electron chi connectivity index (χ0n) is 20.2. The normalized spacial score (nSPS) is 27.5. The van der Waals surface area contributed by atoms with Gasteiger partial charge in [-0.15, -0.1) is 0 Å². The molecule has 3 aliphatic rings. The predicted molar refractivity (Wildman–Crippen MR) is 128 cm³/mol. The van der Waals surface area contributed by atoms with E-state index >= 15 is 0 Å². The molecule has 0 aromatic heterocycles. The number of guanidine groups is 1. The van der Waals surface area contributed by atoms with Crippen LogP contribution in [0.5, 0.6) is 0 Å². The van der Waals surface area contributed by atoms with E-state index in [0.717, 1.165) is 42.9 Å². The van der Waals surface area contributed by atoms with E-state index < -0.39 is 5.54 Å². The highest BCUT2D eigenvalue weighted by Crippen LogP contribution is 2.30. The summed E-state index contributed by atoms with van der Waals surface area (Å²) in [7, 11) is 3.68. The molecule has 0 heterocycles. The van der Waals surface area contributed by atoms with E-state index in [4.69, 9.17) is 5.73 Å². The number of carbonyl (C=O) groups is 1. The molecule has 0 radical (unpaired) electrons. The minimum Gasteiger partial charge on any atom is -0.370 e. The lowest BCUT2D eigenvalue weighted by molar-refractivity contribution is -0.112. The number of hydrogen-bond acceptors (Lipinski definition) is 3. The molecule has 0 saturated heterocycles. The summed E-state index contributed by atoms with van der Waals surface area (Å²) in [5.74, 6) is 3.21. The highest BCUT2D eigenvalue weighted by Gasteiger charge is 2.26. The van der Waals surface area contributed by atoms with E-state index in [1.807, 2.05) is 21.0 Å². The summed E-state index contributed by atoms with van der Waals surface area (Å²) >= 11 is 0. The molecule has 5 nitrogen and oxygen atoms in total. The van der Waals surface area contributed by atoms with E-state index in [9.17, 15) is 4.79 Å². The third-order valence-electron chi connectivity index (χ3n) is 7.19. The summed E-state index contributed by atoms with van der Waals surface area (Å²) in [6, 6.07) is 0.856. The second kappa shape index (κ2) is 12.7. The summed E-state index contributed by atoms with van der Waals surface area (Å²) in [6.07, 6.45) is 18.2. The molecule has 0 aromatic carbocycles. The molecular weight excluding hydrogens is 372 g/mol.